The summed E-state index contributed by atoms with van der Waals surface area (Å²) < 4.78 is 4.01. The number of rotatable bonds is 5. The zero-order valence-electron chi connectivity index (χ0n) is 27.2. The normalized spacial score (nSPS) is 11.3. The van der Waals surface area contributed by atoms with E-state index in [-0.39, 0.29) is 20.1 Å². The monoisotopic (exact) mass is 857 g/mol. The Hall–Kier alpha value is -3.41. The van der Waals surface area contributed by atoms with Gasteiger partial charge < -0.3 is 4.98 Å². The minimum atomic E-state index is -1.72. The zero-order valence-corrected chi connectivity index (χ0v) is 32.5. The van der Waals surface area contributed by atoms with E-state index in [4.69, 9.17) is 4.98 Å². The van der Waals surface area contributed by atoms with Crippen molar-refractivity contribution >= 4 is 49.2 Å². The topological polar surface area (TPSA) is 25.8 Å². The molecule has 7 aromatic rings. The molecule has 0 unspecified atom stereocenters. The largest absolute Gasteiger partial charge is 0 e. The van der Waals surface area contributed by atoms with Gasteiger partial charge in [-0.3, -0.25) is 0 Å². The van der Waals surface area contributed by atoms with Gasteiger partial charge in [0.25, 0.3) is 0 Å². The summed E-state index contributed by atoms with van der Waals surface area (Å²) >= 11 is 0.123. The van der Waals surface area contributed by atoms with E-state index in [1.165, 1.54) is 46.8 Å². The first-order valence-electron chi connectivity index (χ1n) is 15.5. The molecule has 0 spiro atoms. The molecule has 7 rings (SSSR count). The van der Waals surface area contributed by atoms with Crippen LogP contribution in [0.4, 0.5) is 0 Å². The van der Waals surface area contributed by atoms with Crippen molar-refractivity contribution in [2.24, 2.45) is 0 Å². The van der Waals surface area contributed by atoms with Crippen LogP contribution in [0.3, 0.4) is 0 Å². The van der Waals surface area contributed by atoms with Crippen molar-refractivity contribution < 1.29 is 20.1 Å². The van der Waals surface area contributed by atoms with Crippen LogP contribution in [0, 0.1) is 19.1 Å². The van der Waals surface area contributed by atoms with Crippen LogP contribution < -0.4 is 4.40 Å². The Bertz CT molecular complexity index is 2060. The van der Waals surface area contributed by atoms with Crippen LogP contribution in [0.2, 0.25) is 17.3 Å². The van der Waals surface area contributed by atoms with E-state index in [1.54, 1.807) is 0 Å². The molecule has 0 amide bonds. The van der Waals surface area contributed by atoms with Gasteiger partial charge in [-0.15, -0.1) is 23.8 Å². The summed E-state index contributed by atoms with van der Waals surface area (Å²) in [5.74, 6) is 7.62. The molecule has 0 N–H and O–H groups in total. The van der Waals surface area contributed by atoms with Crippen molar-refractivity contribution in [1.29, 1.82) is 0 Å². The van der Waals surface area contributed by atoms with Gasteiger partial charge in [-0.2, -0.15) is 11.3 Å². The fraction of sp³-hybridized carbons (Fsp3) is 0.171. The smallest absolute Gasteiger partial charge is 0 e. The SMILES string of the molecule is Cc1cnc(-c2[c-]ccc3c2sc2cc(-c4ccccc4)ccc23)cc1C(C)C.[CH3][Ge]([CH3])([CH3])[c]1ccc(-c2[c-]cccc2)nc1.[Ir]. The molecule has 3 heterocycles. The van der Waals surface area contributed by atoms with E-state index in [0.717, 1.165) is 22.5 Å². The molecule has 0 aliphatic rings. The molecular formula is C41H38GeIrN2S-2. The van der Waals surface area contributed by atoms with Crippen molar-refractivity contribution in [1.82, 2.24) is 9.97 Å². The fourth-order valence-electron chi connectivity index (χ4n) is 5.59. The van der Waals surface area contributed by atoms with Gasteiger partial charge in [0.1, 0.15) is 0 Å². The first-order chi connectivity index (χ1) is 21.7. The Morgan fingerprint density at radius 2 is 1.46 bits per heavy atom. The Kier molecular flexibility index (Phi) is 10.7. The van der Waals surface area contributed by atoms with Gasteiger partial charge >= 0.3 is 99.8 Å². The third-order valence-corrected chi connectivity index (χ3v) is 13.6. The number of benzene rings is 4. The van der Waals surface area contributed by atoms with E-state index in [0.29, 0.717) is 5.92 Å². The van der Waals surface area contributed by atoms with Crippen LogP contribution in [-0.2, 0) is 20.1 Å². The molecule has 2 nitrogen and oxygen atoms in total. The number of aryl methyl sites for hydroxylation is 1. The number of thiophene rings is 1. The number of fused-ring (bicyclic) bond motifs is 3. The molecule has 3 aromatic heterocycles. The Balaban J connectivity index is 0.000000209. The van der Waals surface area contributed by atoms with Gasteiger partial charge in [0.2, 0.25) is 0 Å². The quantitative estimate of drug-likeness (QED) is 0.127. The maximum atomic E-state index is 4.75. The maximum Gasteiger partial charge on any atom is 0 e. The first-order valence-corrected chi connectivity index (χ1v) is 23.7. The third-order valence-electron chi connectivity index (χ3n) is 8.18. The molecule has 0 atom stereocenters. The number of pyridine rings is 2. The molecule has 5 heteroatoms. The van der Waals surface area contributed by atoms with E-state index in [2.05, 4.69) is 128 Å². The molecule has 0 saturated carbocycles. The molecule has 46 heavy (non-hydrogen) atoms. The van der Waals surface area contributed by atoms with Crippen molar-refractivity contribution in [2.75, 3.05) is 0 Å². The van der Waals surface area contributed by atoms with E-state index in [1.807, 2.05) is 54.1 Å². The summed E-state index contributed by atoms with van der Waals surface area (Å²) in [6, 6.07) is 42.8. The van der Waals surface area contributed by atoms with Gasteiger partial charge in [0, 0.05) is 31.0 Å². The van der Waals surface area contributed by atoms with E-state index < -0.39 is 13.3 Å². The van der Waals surface area contributed by atoms with Gasteiger partial charge in [0.05, 0.1) is 0 Å². The standard InChI is InChI=1S/C27H22NS.C14H16GeN.Ir/c1-17(2)24-15-25(28-16-18(24)3)23-11-7-10-22-21-13-12-20(14-26(21)29-27(22)23)19-8-5-4-6-9-19;1-15(2,3)13-9-10-14(16-11-13)12-7-5-4-6-8-12;/h4-10,12-17H,1-3H3;4-7,9-11H,1-3H3;/q2*-1;. The molecule has 4 aromatic carbocycles. The molecule has 0 saturated heterocycles. The van der Waals surface area contributed by atoms with Crippen LogP contribution >= 0.6 is 11.3 Å². The predicted molar refractivity (Wildman–Crippen MR) is 197 cm³/mol. The van der Waals surface area contributed by atoms with Gasteiger partial charge in [-0.1, -0.05) is 67.8 Å². The molecule has 233 valence electrons. The van der Waals surface area contributed by atoms with Crippen LogP contribution in [0.1, 0.15) is 30.9 Å². The summed E-state index contributed by atoms with van der Waals surface area (Å²) in [7, 11) is 0. The second kappa shape index (κ2) is 14.6. The van der Waals surface area contributed by atoms with Crippen molar-refractivity contribution in [2.45, 2.75) is 44.0 Å². The van der Waals surface area contributed by atoms with Gasteiger partial charge in [-0.25, -0.2) is 0 Å². The molecule has 0 aliphatic carbocycles. The summed E-state index contributed by atoms with van der Waals surface area (Å²) in [5, 5.41) is 2.59. The van der Waals surface area contributed by atoms with Crippen molar-refractivity contribution in [3.63, 3.8) is 0 Å². The molecule has 1 radical (unpaired) electrons. The average Bonchev–Trinajstić information content (AvgIpc) is 3.44. The summed E-state index contributed by atoms with van der Waals surface area (Å²) in [6.45, 7) is 6.61. The molecule has 0 bridgehead atoms. The second-order valence-electron chi connectivity index (χ2n) is 12.8. The average molecular weight is 856 g/mol. The Labute approximate surface area is 293 Å². The van der Waals surface area contributed by atoms with E-state index >= 15 is 0 Å². The minimum absolute atomic E-state index is 0. The summed E-state index contributed by atoms with van der Waals surface area (Å²) in [6.07, 6.45) is 4.04. The van der Waals surface area contributed by atoms with Crippen molar-refractivity contribution in [3.8, 4) is 33.6 Å². The maximum absolute atomic E-state index is 4.75. The molecule has 0 aliphatic heterocycles. The number of nitrogens with zero attached hydrogens (tertiary/aromatic N) is 2. The first kappa shape index (κ1) is 33.9. The summed E-state index contributed by atoms with van der Waals surface area (Å²) in [5.41, 5.74) is 9.30. The molecular weight excluding hydrogens is 817 g/mol. The van der Waals surface area contributed by atoms with Crippen LogP contribution in [0.15, 0.2) is 116 Å². The van der Waals surface area contributed by atoms with Gasteiger partial charge in [-0.05, 0) is 56.9 Å². The minimum Gasteiger partial charge on any atom is 0 e. The Morgan fingerprint density at radius 3 is 2.13 bits per heavy atom. The number of hydrogen-bond acceptors (Lipinski definition) is 3. The van der Waals surface area contributed by atoms with Gasteiger partial charge in [0.15, 0.2) is 0 Å². The Morgan fingerprint density at radius 1 is 0.696 bits per heavy atom. The second-order valence-corrected chi connectivity index (χ2v) is 24.5. The predicted octanol–water partition coefficient (Wildman–Crippen LogP) is 11.1. The fourth-order valence-corrected chi connectivity index (χ4v) is 9.01. The summed E-state index contributed by atoms with van der Waals surface area (Å²) in [4.78, 5) is 9.28. The number of hydrogen-bond donors (Lipinski definition) is 0. The van der Waals surface area contributed by atoms with Crippen molar-refractivity contribution in [3.05, 3.63) is 139 Å². The van der Waals surface area contributed by atoms with Crippen LogP contribution in [0.5, 0.6) is 0 Å². The zero-order chi connectivity index (χ0) is 31.6. The van der Waals surface area contributed by atoms with Crippen LogP contribution in [0.25, 0.3) is 53.8 Å². The number of aromatic nitrogens is 2. The van der Waals surface area contributed by atoms with E-state index in [9.17, 15) is 0 Å². The van der Waals surface area contributed by atoms with Crippen LogP contribution in [-0.4, -0.2) is 23.2 Å². The molecule has 0 fully saturated rings. The third kappa shape index (κ3) is 7.42.